The summed E-state index contributed by atoms with van der Waals surface area (Å²) in [6.45, 7) is 1.83. The van der Waals surface area contributed by atoms with Gasteiger partial charge in [-0.25, -0.2) is 4.79 Å². The number of rotatable bonds is 4. The maximum Gasteiger partial charge on any atom is 0.315 e. The van der Waals surface area contributed by atoms with Crippen molar-refractivity contribution in [3.8, 4) is 11.5 Å². The molecule has 1 heterocycles. The second kappa shape index (κ2) is 7.09. The summed E-state index contributed by atoms with van der Waals surface area (Å²) in [5.74, 6) is 0.906. The predicted octanol–water partition coefficient (Wildman–Crippen LogP) is 3.21. The average Bonchev–Trinajstić information content (AvgIpc) is 3.06. The Bertz CT molecular complexity index is 681. The van der Waals surface area contributed by atoms with Gasteiger partial charge in [0.25, 0.3) is 5.89 Å². The molecule has 1 aromatic heterocycles. The first-order chi connectivity index (χ1) is 11.2. The fourth-order valence-corrected chi connectivity index (χ4v) is 2.51. The molecule has 0 unspecified atom stereocenters. The Morgan fingerprint density at radius 2 is 2.17 bits per heavy atom. The fraction of sp³-hybridized carbons (Fsp3) is 0.353. The number of nitrogens with zero attached hydrogens (tertiary/aromatic N) is 2. The highest BCUT2D eigenvalue weighted by Gasteiger charge is 2.18. The standard InChI is InChI=1S/C17H20N4O2/c1-12(18-17(22)19-14-10-6-3-7-11-14)15-20-16(23-21-15)13-8-4-2-5-9-13/h2,4-6,8-10,12,14H,3,7,11H2,1H3,(H2,18,19,22)/t12-,14-/m1/s1. The molecule has 1 aliphatic rings. The van der Waals surface area contributed by atoms with Crippen molar-refractivity contribution in [2.45, 2.75) is 38.3 Å². The van der Waals surface area contributed by atoms with Crippen LogP contribution in [0, 0.1) is 0 Å². The zero-order valence-electron chi connectivity index (χ0n) is 13.0. The van der Waals surface area contributed by atoms with Crippen LogP contribution in [0.2, 0.25) is 0 Å². The first-order valence-corrected chi connectivity index (χ1v) is 7.85. The molecule has 6 heteroatoms. The molecule has 1 aliphatic carbocycles. The molecule has 0 saturated heterocycles. The van der Waals surface area contributed by atoms with E-state index in [0.717, 1.165) is 24.8 Å². The third-order valence-electron chi connectivity index (χ3n) is 3.77. The lowest BCUT2D eigenvalue weighted by atomic mass is 10.0. The van der Waals surface area contributed by atoms with Gasteiger partial charge in [0.05, 0.1) is 6.04 Å². The average molecular weight is 312 g/mol. The van der Waals surface area contributed by atoms with Crippen LogP contribution in [0.4, 0.5) is 4.79 Å². The molecular weight excluding hydrogens is 292 g/mol. The lowest BCUT2D eigenvalue weighted by Crippen LogP contribution is -2.42. The summed E-state index contributed by atoms with van der Waals surface area (Å²) in [5, 5.41) is 9.72. The third kappa shape index (κ3) is 3.97. The summed E-state index contributed by atoms with van der Waals surface area (Å²) >= 11 is 0. The molecule has 2 aromatic rings. The van der Waals surface area contributed by atoms with Crippen LogP contribution < -0.4 is 10.6 Å². The number of nitrogens with one attached hydrogen (secondary N) is 2. The van der Waals surface area contributed by atoms with E-state index in [2.05, 4.69) is 26.9 Å². The van der Waals surface area contributed by atoms with Crippen LogP contribution in [0.25, 0.3) is 11.5 Å². The van der Waals surface area contributed by atoms with Gasteiger partial charge >= 0.3 is 6.03 Å². The summed E-state index contributed by atoms with van der Waals surface area (Å²) < 4.78 is 5.26. The van der Waals surface area contributed by atoms with Gasteiger partial charge in [0.15, 0.2) is 5.82 Å². The zero-order valence-corrected chi connectivity index (χ0v) is 13.0. The maximum atomic E-state index is 12.0. The van der Waals surface area contributed by atoms with E-state index in [9.17, 15) is 4.79 Å². The van der Waals surface area contributed by atoms with E-state index in [4.69, 9.17) is 4.52 Å². The van der Waals surface area contributed by atoms with Crippen LogP contribution in [-0.4, -0.2) is 22.2 Å². The molecular formula is C17H20N4O2. The van der Waals surface area contributed by atoms with Gasteiger partial charge in [0, 0.05) is 11.6 Å². The van der Waals surface area contributed by atoms with Crippen LogP contribution in [0.15, 0.2) is 47.0 Å². The summed E-state index contributed by atoms with van der Waals surface area (Å²) in [7, 11) is 0. The van der Waals surface area contributed by atoms with Gasteiger partial charge < -0.3 is 15.2 Å². The van der Waals surface area contributed by atoms with E-state index in [-0.39, 0.29) is 18.1 Å². The van der Waals surface area contributed by atoms with Crippen molar-refractivity contribution >= 4 is 6.03 Å². The van der Waals surface area contributed by atoms with Crippen molar-refractivity contribution in [1.82, 2.24) is 20.8 Å². The highest BCUT2D eigenvalue weighted by molar-refractivity contribution is 5.74. The van der Waals surface area contributed by atoms with E-state index in [1.165, 1.54) is 0 Å². The molecule has 2 N–H and O–H groups in total. The van der Waals surface area contributed by atoms with Crippen molar-refractivity contribution in [2.24, 2.45) is 0 Å². The van der Waals surface area contributed by atoms with E-state index in [0.29, 0.717) is 11.7 Å². The first kappa shape index (κ1) is 15.3. The number of amides is 2. The highest BCUT2D eigenvalue weighted by Crippen LogP contribution is 2.18. The Labute approximate surface area is 135 Å². The monoisotopic (exact) mass is 312 g/mol. The summed E-state index contributed by atoms with van der Waals surface area (Å²) in [5.41, 5.74) is 0.857. The molecule has 0 bridgehead atoms. The van der Waals surface area contributed by atoms with Crippen LogP contribution in [0.5, 0.6) is 0 Å². The lowest BCUT2D eigenvalue weighted by molar-refractivity contribution is 0.234. The van der Waals surface area contributed by atoms with Gasteiger partial charge in [0.1, 0.15) is 0 Å². The molecule has 0 spiro atoms. The van der Waals surface area contributed by atoms with Gasteiger partial charge in [-0.2, -0.15) is 4.98 Å². The van der Waals surface area contributed by atoms with Crippen LogP contribution in [0.3, 0.4) is 0 Å². The van der Waals surface area contributed by atoms with Crippen LogP contribution >= 0.6 is 0 Å². The third-order valence-corrected chi connectivity index (χ3v) is 3.77. The topological polar surface area (TPSA) is 80.0 Å². The summed E-state index contributed by atoms with van der Waals surface area (Å²) in [6.07, 6.45) is 7.29. The van der Waals surface area contributed by atoms with E-state index in [1.807, 2.05) is 43.3 Å². The Morgan fingerprint density at radius 1 is 1.35 bits per heavy atom. The number of carbonyl (C=O) groups excluding carboxylic acids is 1. The van der Waals surface area contributed by atoms with Gasteiger partial charge in [0.2, 0.25) is 0 Å². The maximum absolute atomic E-state index is 12.0. The fourth-order valence-electron chi connectivity index (χ4n) is 2.51. The normalized spacial score (nSPS) is 18.4. The minimum Gasteiger partial charge on any atom is -0.334 e. The van der Waals surface area contributed by atoms with Gasteiger partial charge in [-0.1, -0.05) is 35.5 Å². The smallest absolute Gasteiger partial charge is 0.315 e. The Kier molecular flexibility index (Phi) is 4.71. The second-order valence-corrected chi connectivity index (χ2v) is 5.63. The molecule has 23 heavy (non-hydrogen) atoms. The molecule has 2 amide bonds. The molecule has 2 atom stereocenters. The minimum absolute atomic E-state index is 0.0982. The summed E-state index contributed by atoms with van der Waals surface area (Å²) in [4.78, 5) is 16.4. The predicted molar refractivity (Wildman–Crippen MR) is 86.6 cm³/mol. The van der Waals surface area contributed by atoms with Crippen molar-refractivity contribution in [2.75, 3.05) is 0 Å². The van der Waals surface area contributed by atoms with Gasteiger partial charge in [-0.15, -0.1) is 0 Å². The Morgan fingerprint density at radius 3 is 2.91 bits per heavy atom. The van der Waals surface area contributed by atoms with E-state index < -0.39 is 0 Å². The number of allylic oxidation sites excluding steroid dienone is 1. The van der Waals surface area contributed by atoms with Crippen molar-refractivity contribution in [1.29, 1.82) is 0 Å². The summed E-state index contributed by atoms with van der Waals surface area (Å²) in [6, 6.07) is 9.09. The highest BCUT2D eigenvalue weighted by atomic mass is 16.5. The number of hydrogen-bond acceptors (Lipinski definition) is 4. The van der Waals surface area contributed by atoms with E-state index in [1.54, 1.807) is 0 Å². The number of aromatic nitrogens is 2. The molecule has 120 valence electrons. The number of urea groups is 1. The molecule has 0 saturated carbocycles. The molecule has 1 aromatic carbocycles. The quantitative estimate of drug-likeness (QED) is 0.850. The van der Waals surface area contributed by atoms with Crippen LogP contribution in [0.1, 0.15) is 38.1 Å². The largest absolute Gasteiger partial charge is 0.334 e. The van der Waals surface area contributed by atoms with Crippen LogP contribution in [-0.2, 0) is 0 Å². The first-order valence-electron chi connectivity index (χ1n) is 7.85. The Hall–Kier alpha value is -2.63. The van der Waals surface area contributed by atoms with E-state index >= 15 is 0 Å². The zero-order chi connectivity index (χ0) is 16.1. The van der Waals surface area contributed by atoms with Gasteiger partial charge in [-0.05, 0) is 38.3 Å². The van der Waals surface area contributed by atoms with Gasteiger partial charge in [-0.3, -0.25) is 0 Å². The van der Waals surface area contributed by atoms with Crippen molar-refractivity contribution in [3.63, 3.8) is 0 Å². The Balaban J connectivity index is 1.59. The number of benzene rings is 1. The molecule has 0 radical (unpaired) electrons. The molecule has 0 aliphatic heterocycles. The molecule has 0 fully saturated rings. The van der Waals surface area contributed by atoms with Crippen molar-refractivity contribution in [3.05, 3.63) is 48.3 Å². The lowest BCUT2D eigenvalue weighted by Gasteiger charge is -2.19. The number of carbonyl (C=O) groups is 1. The SMILES string of the molecule is C[C@@H](NC(=O)N[C@@H]1C=CCCC1)c1noc(-c2ccccc2)n1. The number of hydrogen-bond donors (Lipinski definition) is 2. The minimum atomic E-state index is -0.330. The second-order valence-electron chi connectivity index (χ2n) is 5.63. The van der Waals surface area contributed by atoms with Crippen molar-refractivity contribution < 1.29 is 9.32 Å². The molecule has 3 rings (SSSR count). The molecule has 6 nitrogen and oxygen atoms in total.